The van der Waals surface area contributed by atoms with Crippen molar-refractivity contribution < 1.29 is 23.8 Å². The van der Waals surface area contributed by atoms with E-state index in [1.165, 1.54) is 57.8 Å². The molecule has 1 unspecified atom stereocenters. The first-order valence-electron chi connectivity index (χ1n) is 26.1. The fraction of sp³-hybridized carbons (Fsp3) is 0.627. The highest BCUT2D eigenvalue weighted by atomic mass is 16.6. The third-order valence-electron chi connectivity index (χ3n) is 10.5. The van der Waals surface area contributed by atoms with Gasteiger partial charge in [0.05, 0.1) is 6.61 Å². The molecule has 5 nitrogen and oxygen atoms in total. The Hall–Kier alpha value is -3.70. The summed E-state index contributed by atoms with van der Waals surface area (Å²) in [5.41, 5.74) is 0. The van der Waals surface area contributed by atoms with Crippen LogP contribution < -0.4 is 0 Å². The number of allylic oxidation sites excluding steroid dienone is 20. The van der Waals surface area contributed by atoms with Crippen LogP contribution in [0.3, 0.4) is 0 Å². The van der Waals surface area contributed by atoms with Crippen LogP contribution in [0.15, 0.2) is 122 Å². The van der Waals surface area contributed by atoms with Gasteiger partial charge in [-0.25, -0.2) is 0 Å². The summed E-state index contributed by atoms with van der Waals surface area (Å²) in [6.45, 7) is 7.45. The van der Waals surface area contributed by atoms with E-state index in [-0.39, 0.29) is 25.2 Å². The molecule has 0 aromatic heterocycles. The number of carbonyl (C=O) groups excluding carboxylic acids is 2. The number of hydrogen-bond donors (Lipinski definition) is 0. The number of esters is 2. The lowest BCUT2D eigenvalue weighted by molar-refractivity contribution is -0.163. The van der Waals surface area contributed by atoms with Crippen LogP contribution in [0, 0.1) is 0 Å². The molecule has 0 bridgehead atoms. The Kier molecular flexibility index (Phi) is 50.5. The maximum Gasteiger partial charge on any atom is 0.306 e. The Bertz CT molecular complexity index is 1320. The molecular formula is C59H96O5. The van der Waals surface area contributed by atoms with Gasteiger partial charge in [0.15, 0.2) is 6.10 Å². The van der Waals surface area contributed by atoms with Crippen molar-refractivity contribution in [3.05, 3.63) is 122 Å². The molecular weight excluding hydrogens is 789 g/mol. The van der Waals surface area contributed by atoms with Gasteiger partial charge in [-0.3, -0.25) is 9.59 Å². The van der Waals surface area contributed by atoms with Crippen LogP contribution in [-0.4, -0.2) is 37.9 Å². The molecule has 0 saturated heterocycles. The van der Waals surface area contributed by atoms with E-state index in [1.54, 1.807) is 0 Å². The molecule has 0 aromatic rings. The van der Waals surface area contributed by atoms with E-state index in [0.29, 0.717) is 19.4 Å². The second kappa shape index (κ2) is 53.6. The van der Waals surface area contributed by atoms with Gasteiger partial charge in [-0.2, -0.15) is 0 Å². The average Bonchev–Trinajstić information content (AvgIpc) is 3.30. The van der Waals surface area contributed by atoms with Crippen molar-refractivity contribution in [1.82, 2.24) is 0 Å². The Morgan fingerprint density at radius 2 is 0.719 bits per heavy atom. The van der Waals surface area contributed by atoms with Crippen molar-refractivity contribution in [2.24, 2.45) is 0 Å². The number of unbranched alkanes of at least 4 members (excludes halogenated alkanes) is 15. The van der Waals surface area contributed by atoms with Crippen molar-refractivity contribution in [2.45, 2.75) is 219 Å². The zero-order valence-electron chi connectivity index (χ0n) is 41.5. The van der Waals surface area contributed by atoms with E-state index in [9.17, 15) is 9.59 Å². The summed E-state index contributed by atoms with van der Waals surface area (Å²) in [6, 6.07) is 0. The topological polar surface area (TPSA) is 61.8 Å². The number of ether oxygens (including phenoxy) is 3. The molecule has 0 amide bonds. The molecule has 362 valence electrons. The summed E-state index contributed by atoms with van der Waals surface area (Å²) in [5.74, 6) is -0.494. The fourth-order valence-electron chi connectivity index (χ4n) is 6.65. The third-order valence-corrected chi connectivity index (χ3v) is 10.5. The van der Waals surface area contributed by atoms with Crippen LogP contribution >= 0.6 is 0 Å². The molecule has 0 rings (SSSR count). The van der Waals surface area contributed by atoms with Crippen LogP contribution in [0.1, 0.15) is 213 Å². The van der Waals surface area contributed by atoms with Crippen molar-refractivity contribution >= 4 is 11.9 Å². The summed E-state index contributed by atoms with van der Waals surface area (Å²) in [7, 11) is 0. The van der Waals surface area contributed by atoms with Crippen LogP contribution in [0.25, 0.3) is 0 Å². The molecule has 0 fully saturated rings. The van der Waals surface area contributed by atoms with Gasteiger partial charge < -0.3 is 14.2 Å². The largest absolute Gasteiger partial charge is 0.462 e. The summed E-state index contributed by atoms with van der Waals surface area (Å²) in [5, 5.41) is 0. The number of hydrogen-bond acceptors (Lipinski definition) is 5. The monoisotopic (exact) mass is 885 g/mol. The van der Waals surface area contributed by atoms with Crippen molar-refractivity contribution in [3.8, 4) is 0 Å². The van der Waals surface area contributed by atoms with Gasteiger partial charge in [0.25, 0.3) is 0 Å². The molecule has 0 spiro atoms. The highest BCUT2D eigenvalue weighted by Crippen LogP contribution is 2.12. The Morgan fingerprint density at radius 3 is 1.17 bits per heavy atom. The van der Waals surface area contributed by atoms with E-state index >= 15 is 0 Å². The summed E-state index contributed by atoms with van der Waals surface area (Å²) < 4.78 is 17.3. The number of carbonyl (C=O) groups is 2. The van der Waals surface area contributed by atoms with Gasteiger partial charge in [-0.1, -0.05) is 200 Å². The first-order chi connectivity index (χ1) is 31.6. The zero-order valence-corrected chi connectivity index (χ0v) is 41.5. The maximum absolute atomic E-state index is 12.8. The zero-order chi connectivity index (χ0) is 46.3. The molecule has 0 N–H and O–H groups in total. The Balaban J connectivity index is 4.43. The first kappa shape index (κ1) is 60.3. The van der Waals surface area contributed by atoms with E-state index < -0.39 is 6.10 Å². The van der Waals surface area contributed by atoms with Crippen molar-refractivity contribution in [3.63, 3.8) is 0 Å². The standard InChI is InChI=1S/C59H96O5/c1-4-7-10-13-16-19-22-25-28-30-32-34-37-40-43-46-49-52-58(60)63-56-57(55-62-54-51-48-45-42-39-36-27-24-21-18-15-12-9-6-3)64-59(61)53-50-47-44-41-38-35-33-31-29-26-23-20-17-14-11-8-5-2/h7,9-10,12,16-21,25-29,32,34,36,40,43,57H,4-6,8,11,13-15,22-24,30-31,33,35,37-39,41-42,44-56H2,1-3H3/b10-7-,12-9-,19-16-,20-17-,21-18-,28-25-,29-26-,34-32-,36-27-,43-40-. The average molecular weight is 885 g/mol. The van der Waals surface area contributed by atoms with Gasteiger partial charge in [-0.05, 0) is 122 Å². The molecule has 0 aliphatic heterocycles. The van der Waals surface area contributed by atoms with Gasteiger partial charge >= 0.3 is 11.9 Å². The Morgan fingerprint density at radius 1 is 0.359 bits per heavy atom. The molecule has 5 heteroatoms. The van der Waals surface area contributed by atoms with Gasteiger partial charge in [0.2, 0.25) is 0 Å². The highest BCUT2D eigenvalue weighted by molar-refractivity contribution is 5.70. The SMILES string of the molecule is CC/C=C\C/C=C\C/C=C\C/C=C\C/C=C\CCCC(=O)OCC(COCCCCCC/C=C\C/C=C\C/C=C\CC)OC(=O)CCCCCCCCC/C=C\C/C=C\CCCCC. The van der Waals surface area contributed by atoms with Gasteiger partial charge in [0.1, 0.15) is 6.61 Å². The lowest BCUT2D eigenvalue weighted by Crippen LogP contribution is -2.30. The molecule has 1 atom stereocenters. The lowest BCUT2D eigenvalue weighted by atomic mass is 10.1. The van der Waals surface area contributed by atoms with Crippen molar-refractivity contribution in [1.29, 1.82) is 0 Å². The molecule has 0 aliphatic carbocycles. The molecule has 0 aliphatic rings. The van der Waals surface area contributed by atoms with E-state index in [1.807, 2.05) is 0 Å². The molecule has 0 radical (unpaired) electrons. The van der Waals surface area contributed by atoms with Crippen molar-refractivity contribution in [2.75, 3.05) is 19.8 Å². The predicted octanol–water partition coefficient (Wildman–Crippen LogP) is 17.8. The first-order valence-corrected chi connectivity index (χ1v) is 26.1. The third kappa shape index (κ3) is 50.9. The minimum atomic E-state index is -0.583. The number of rotatable bonds is 46. The van der Waals surface area contributed by atoms with Crippen LogP contribution in [-0.2, 0) is 23.8 Å². The minimum absolute atomic E-state index is 0.0359. The normalized spacial score (nSPS) is 13.2. The van der Waals surface area contributed by atoms with E-state index in [2.05, 4.69) is 142 Å². The van der Waals surface area contributed by atoms with Crippen LogP contribution in [0.2, 0.25) is 0 Å². The summed E-state index contributed by atoms with van der Waals surface area (Å²) in [4.78, 5) is 25.4. The summed E-state index contributed by atoms with van der Waals surface area (Å²) >= 11 is 0. The minimum Gasteiger partial charge on any atom is -0.462 e. The van der Waals surface area contributed by atoms with E-state index in [4.69, 9.17) is 14.2 Å². The van der Waals surface area contributed by atoms with Gasteiger partial charge in [-0.15, -0.1) is 0 Å². The van der Waals surface area contributed by atoms with Crippen LogP contribution in [0.5, 0.6) is 0 Å². The quantitative estimate of drug-likeness (QED) is 0.0346. The van der Waals surface area contributed by atoms with Gasteiger partial charge in [0, 0.05) is 19.4 Å². The summed E-state index contributed by atoms with van der Waals surface area (Å²) in [6.07, 6.45) is 75.0. The fourth-order valence-corrected chi connectivity index (χ4v) is 6.65. The Labute approximate surface area is 395 Å². The molecule has 0 heterocycles. The maximum atomic E-state index is 12.8. The smallest absolute Gasteiger partial charge is 0.306 e. The van der Waals surface area contributed by atoms with E-state index in [0.717, 1.165) is 122 Å². The predicted molar refractivity (Wildman–Crippen MR) is 279 cm³/mol. The highest BCUT2D eigenvalue weighted by Gasteiger charge is 2.17. The second-order valence-electron chi connectivity index (χ2n) is 16.7. The molecule has 0 aromatic carbocycles. The second-order valence-corrected chi connectivity index (χ2v) is 16.7. The lowest BCUT2D eigenvalue weighted by Gasteiger charge is -2.18. The molecule has 0 saturated carbocycles. The van der Waals surface area contributed by atoms with Crippen LogP contribution in [0.4, 0.5) is 0 Å². The molecule has 64 heavy (non-hydrogen) atoms.